The van der Waals surface area contributed by atoms with Crippen LogP contribution in [0.5, 0.6) is 5.75 Å². The summed E-state index contributed by atoms with van der Waals surface area (Å²) < 4.78 is 45.4. The fraction of sp³-hybridized carbons (Fsp3) is 0.167. The van der Waals surface area contributed by atoms with Crippen LogP contribution in [-0.2, 0) is 5.41 Å². The smallest absolute Gasteiger partial charge is 0.406 e. The maximum atomic E-state index is 15.1. The number of phenols is 1. The summed E-state index contributed by atoms with van der Waals surface area (Å²) in [7, 11) is 0. The first kappa shape index (κ1) is 19.1. The molecule has 0 saturated heterocycles. The van der Waals surface area contributed by atoms with Crippen LogP contribution in [0.2, 0.25) is 0 Å². The molecule has 2 nitrogen and oxygen atoms in total. The summed E-state index contributed by atoms with van der Waals surface area (Å²) in [5, 5.41) is 10.7. The lowest BCUT2D eigenvalue weighted by Gasteiger charge is -2.37. The Morgan fingerprint density at radius 1 is 0.793 bits per heavy atom. The third-order valence-corrected chi connectivity index (χ3v) is 5.55. The molecule has 0 amide bonds. The third-order valence-electron chi connectivity index (χ3n) is 5.55. The number of aromatic amines is 1. The van der Waals surface area contributed by atoms with Crippen LogP contribution >= 0.6 is 0 Å². The number of H-pyrrole nitrogens is 1. The minimum atomic E-state index is -4.63. The highest BCUT2D eigenvalue weighted by atomic mass is 19.4. The van der Waals surface area contributed by atoms with Crippen LogP contribution in [0.25, 0.3) is 10.9 Å². The zero-order valence-corrected chi connectivity index (χ0v) is 16.0. The normalized spacial score (nSPS) is 14.1. The van der Waals surface area contributed by atoms with Crippen LogP contribution < -0.4 is 0 Å². The lowest BCUT2D eigenvalue weighted by atomic mass is 9.68. The lowest BCUT2D eigenvalue weighted by Crippen LogP contribution is -2.44. The van der Waals surface area contributed by atoms with E-state index in [0.717, 1.165) is 0 Å². The van der Waals surface area contributed by atoms with Gasteiger partial charge < -0.3 is 10.1 Å². The monoisotopic (exact) mass is 395 g/mol. The molecule has 148 valence electrons. The minimum absolute atomic E-state index is 0.0109. The van der Waals surface area contributed by atoms with Gasteiger partial charge in [0.2, 0.25) is 0 Å². The molecular weight excluding hydrogens is 375 g/mol. The van der Waals surface area contributed by atoms with E-state index in [1.165, 1.54) is 30.5 Å². The Morgan fingerprint density at radius 2 is 1.38 bits per heavy atom. The molecule has 0 spiro atoms. The van der Waals surface area contributed by atoms with Crippen molar-refractivity contribution in [2.75, 3.05) is 0 Å². The largest absolute Gasteiger partial charge is 0.507 e. The molecule has 1 atom stereocenters. The topological polar surface area (TPSA) is 36.0 Å². The molecule has 4 aromatic rings. The van der Waals surface area contributed by atoms with E-state index >= 15 is 13.2 Å². The molecule has 29 heavy (non-hydrogen) atoms. The molecule has 0 aliphatic heterocycles. The first-order valence-electron chi connectivity index (χ1n) is 9.26. The van der Waals surface area contributed by atoms with Gasteiger partial charge in [-0.1, -0.05) is 60.7 Å². The van der Waals surface area contributed by atoms with Crippen molar-refractivity contribution in [3.05, 3.63) is 101 Å². The highest BCUT2D eigenvalue weighted by Crippen LogP contribution is 2.53. The molecule has 0 aliphatic rings. The molecule has 1 aromatic heterocycles. The van der Waals surface area contributed by atoms with Crippen molar-refractivity contribution < 1.29 is 18.3 Å². The van der Waals surface area contributed by atoms with Gasteiger partial charge in [0.25, 0.3) is 0 Å². The fourth-order valence-corrected chi connectivity index (χ4v) is 4.20. The zero-order chi connectivity index (χ0) is 20.8. The van der Waals surface area contributed by atoms with E-state index in [-0.39, 0.29) is 22.4 Å². The molecule has 4 rings (SSSR count). The van der Waals surface area contributed by atoms with E-state index in [0.29, 0.717) is 22.0 Å². The number of nitrogens with one attached hydrogen (secondary N) is 1. The number of halogens is 3. The van der Waals surface area contributed by atoms with Gasteiger partial charge in [0.1, 0.15) is 11.2 Å². The molecule has 0 aliphatic carbocycles. The first-order valence-corrected chi connectivity index (χ1v) is 9.26. The summed E-state index contributed by atoms with van der Waals surface area (Å²) in [4.78, 5) is 3.00. The van der Waals surface area contributed by atoms with Gasteiger partial charge in [-0.2, -0.15) is 13.2 Å². The SMILES string of the molecule is Cc1cc(C(c2ccccc2)(c2c[nH]c3ccccc23)C(F)(F)F)cc(C)c1O. The van der Waals surface area contributed by atoms with Crippen molar-refractivity contribution >= 4 is 10.9 Å². The second-order valence-electron chi connectivity index (χ2n) is 7.32. The van der Waals surface area contributed by atoms with Crippen molar-refractivity contribution in [3.63, 3.8) is 0 Å². The molecule has 1 heterocycles. The van der Waals surface area contributed by atoms with Crippen LogP contribution in [0.15, 0.2) is 72.9 Å². The maximum Gasteiger partial charge on any atom is 0.406 e. The average molecular weight is 395 g/mol. The van der Waals surface area contributed by atoms with E-state index < -0.39 is 11.6 Å². The number of aryl methyl sites for hydroxylation is 2. The Bertz CT molecular complexity index is 1150. The van der Waals surface area contributed by atoms with Crippen LogP contribution in [0.4, 0.5) is 13.2 Å². The number of fused-ring (bicyclic) bond motifs is 1. The molecule has 0 bridgehead atoms. The number of rotatable bonds is 3. The van der Waals surface area contributed by atoms with Crippen LogP contribution in [0.1, 0.15) is 27.8 Å². The minimum Gasteiger partial charge on any atom is -0.507 e. The Morgan fingerprint density at radius 3 is 2.00 bits per heavy atom. The number of phenolic OH excluding ortho intramolecular Hbond substituents is 1. The van der Waals surface area contributed by atoms with Crippen LogP contribution in [-0.4, -0.2) is 16.3 Å². The van der Waals surface area contributed by atoms with E-state index in [4.69, 9.17) is 0 Å². The van der Waals surface area contributed by atoms with E-state index in [2.05, 4.69) is 4.98 Å². The molecule has 5 heteroatoms. The highest BCUT2D eigenvalue weighted by molar-refractivity contribution is 5.86. The predicted octanol–water partition coefficient (Wildman–Crippen LogP) is 6.39. The van der Waals surface area contributed by atoms with Crippen molar-refractivity contribution in [3.8, 4) is 5.75 Å². The Labute approximate surface area is 166 Å². The Balaban J connectivity index is 2.20. The predicted molar refractivity (Wildman–Crippen MR) is 108 cm³/mol. The van der Waals surface area contributed by atoms with Gasteiger partial charge in [-0.05, 0) is 42.2 Å². The quantitative estimate of drug-likeness (QED) is 0.414. The summed E-state index contributed by atoms with van der Waals surface area (Å²) >= 11 is 0. The number of alkyl halides is 3. The first-order chi connectivity index (χ1) is 13.8. The van der Waals surface area contributed by atoms with Gasteiger partial charge in [-0.25, -0.2) is 0 Å². The number of aromatic hydroxyl groups is 1. The summed E-state index contributed by atoms with van der Waals surface area (Å²) in [5.74, 6) is 0.0109. The Hall–Kier alpha value is -3.21. The standard InChI is InChI=1S/C24H20F3NO/c1-15-12-18(13-16(2)22(15)29)23(24(25,26)27,17-8-4-3-5-9-17)20-14-28-21-11-7-6-10-19(20)21/h3-14,28-29H,1-2H3. The second-order valence-corrected chi connectivity index (χ2v) is 7.32. The van der Waals surface area contributed by atoms with Gasteiger partial charge in [-0.15, -0.1) is 0 Å². The molecule has 1 unspecified atom stereocenters. The highest BCUT2D eigenvalue weighted by Gasteiger charge is 2.59. The average Bonchev–Trinajstić information content (AvgIpc) is 3.11. The third kappa shape index (κ3) is 2.80. The summed E-state index contributed by atoms with van der Waals surface area (Å²) in [5.41, 5.74) is -0.600. The van der Waals surface area contributed by atoms with Crippen molar-refractivity contribution in [2.45, 2.75) is 25.4 Å². The maximum absolute atomic E-state index is 15.1. The molecule has 0 radical (unpaired) electrons. The van der Waals surface area contributed by atoms with Gasteiger partial charge in [0, 0.05) is 22.7 Å². The van der Waals surface area contributed by atoms with Gasteiger partial charge in [0.15, 0.2) is 0 Å². The molecule has 0 fully saturated rings. The van der Waals surface area contributed by atoms with E-state index in [1.54, 1.807) is 56.3 Å². The molecule has 2 N–H and O–H groups in total. The lowest BCUT2D eigenvalue weighted by molar-refractivity contribution is -0.166. The van der Waals surface area contributed by atoms with Crippen molar-refractivity contribution in [1.29, 1.82) is 0 Å². The zero-order valence-electron chi connectivity index (χ0n) is 16.0. The number of para-hydroxylation sites is 1. The number of hydrogen-bond donors (Lipinski definition) is 2. The van der Waals surface area contributed by atoms with Gasteiger partial charge in [0.05, 0.1) is 0 Å². The van der Waals surface area contributed by atoms with Crippen LogP contribution in [0, 0.1) is 13.8 Å². The fourth-order valence-electron chi connectivity index (χ4n) is 4.20. The van der Waals surface area contributed by atoms with Crippen LogP contribution in [0.3, 0.4) is 0 Å². The van der Waals surface area contributed by atoms with E-state index in [9.17, 15) is 5.11 Å². The summed E-state index contributed by atoms with van der Waals surface area (Å²) in [6.45, 7) is 3.24. The van der Waals surface area contributed by atoms with Gasteiger partial charge in [-0.3, -0.25) is 0 Å². The Kier molecular flexibility index (Phi) is 4.41. The van der Waals surface area contributed by atoms with E-state index in [1.807, 2.05) is 0 Å². The number of benzene rings is 3. The second kappa shape index (κ2) is 6.69. The molecule has 0 saturated carbocycles. The van der Waals surface area contributed by atoms with Crippen molar-refractivity contribution in [2.24, 2.45) is 0 Å². The molecular formula is C24H20F3NO. The number of aromatic nitrogens is 1. The van der Waals surface area contributed by atoms with Gasteiger partial charge >= 0.3 is 6.18 Å². The van der Waals surface area contributed by atoms with Crippen molar-refractivity contribution in [1.82, 2.24) is 4.98 Å². The summed E-state index contributed by atoms with van der Waals surface area (Å²) in [6.07, 6.45) is -3.18. The number of hydrogen-bond acceptors (Lipinski definition) is 1. The summed E-state index contributed by atoms with van der Waals surface area (Å²) in [6, 6.07) is 17.8. The molecule has 3 aromatic carbocycles.